The molecule has 0 unspecified atom stereocenters. The molecule has 0 aliphatic heterocycles. The van der Waals surface area contributed by atoms with Crippen molar-refractivity contribution in [2.45, 2.75) is 0 Å². The summed E-state index contributed by atoms with van der Waals surface area (Å²) in [5, 5.41) is 18.8. The number of benzene rings is 2. The Morgan fingerprint density at radius 1 is 0.900 bits per heavy atom. The number of hydrogen-bond donors (Lipinski definition) is 2. The molecule has 3 aromatic rings. The van der Waals surface area contributed by atoms with Gasteiger partial charge in [-0.25, -0.2) is 0 Å². The second-order valence-corrected chi connectivity index (χ2v) is 4.21. The van der Waals surface area contributed by atoms with Crippen LogP contribution in [0.1, 0.15) is 0 Å². The van der Waals surface area contributed by atoms with Gasteiger partial charge in [0, 0.05) is 0 Å². The third-order valence-corrected chi connectivity index (χ3v) is 2.74. The topological polar surface area (TPSA) is 79.9 Å². The molecule has 0 atom stereocenters. The fourth-order valence-electron chi connectivity index (χ4n) is 1.80. The first-order chi connectivity index (χ1) is 9.61. The number of hydrogen-bond acceptors (Lipinski definition) is 5. The quantitative estimate of drug-likeness (QED) is 0.748. The first-order valence-corrected chi connectivity index (χ1v) is 5.85. The standard InChI is InChI=1S/C15H10O5/c16-9-1-4-11(5-2-9)19-15-8-13(18)12-7-10(17)3-6-14(12)20-15/h1-8,16-17H. The van der Waals surface area contributed by atoms with Gasteiger partial charge in [0.25, 0.3) is 5.95 Å². The Kier molecular flexibility index (Phi) is 2.80. The molecule has 2 N–H and O–H groups in total. The maximum atomic E-state index is 11.9. The highest BCUT2D eigenvalue weighted by Crippen LogP contribution is 2.26. The minimum atomic E-state index is -0.309. The summed E-state index contributed by atoms with van der Waals surface area (Å²) >= 11 is 0. The molecule has 5 heteroatoms. The smallest absolute Gasteiger partial charge is 0.294 e. The van der Waals surface area contributed by atoms with E-state index in [4.69, 9.17) is 9.15 Å². The summed E-state index contributed by atoms with van der Waals surface area (Å²) < 4.78 is 10.8. The molecule has 2 aromatic carbocycles. The largest absolute Gasteiger partial charge is 0.508 e. The lowest BCUT2D eigenvalue weighted by atomic mass is 10.2. The fraction of sp³-hybridized carbons (Fsp3) is 0. The molecule has 0 amide bonds. The number of ether oxygens (including phenoxy) is 1. The molecular weight excluding hydrogens is 260 g/mol. The summed E-state index contributed by atoms with van der Waals surface area (Å²) in [6.07, 6.45) is 0. The van der Waals surface area contributed by atoms with Crippen LogP contribution in [0, 0.1) is 0 Å². The predicted octanol–water partition coefficient (Wildman–Crippen LogP) is 3.00. The van der Waals surface area contributed by atoms with Crippen molar-refractivity contribution in [3.8, 4) is 23.2 Å². The number of phenols is 2. The Labute approximate surface area is 113 Å². The van der Waals surface area contributed by atoms with Gasteiger partial charge in [0.1, 0.15) is 22.8 Å². The molecule has 0 aliphatic carbocycles. The maximum Gasteiger partial charge on any atom is 0.294 e. The SMILES string of the molecule is O=c1cc(Oc2ccc(O)cc2)oc2ccc(O)cc12. The van der Waals surface area contributed by atoms with Gasteiger partial charge < -0.3 is 19.4 Å². The molecule has 100 valence electrons. The van der Waals surface area contributed by atoms with E-state index in [0.29, 0.717) is 11.3 Å². The summed E-state index contributed by atoms with van der Waals surface area (Å²) in [5.74, 6) is 0.591. The lowest BCUT2D eigenvalue weighted by molar-refractivity contribution is 0.352. The highest BCUT2D eigenvalue weighted by molar-refractivity contribution is 5.78. The van der Waals surface area contributed by atoms with Crippen LogP contribution < -0.4 is 10.2 Å². The van der Waals surface area contributed by atoms with Gasteiger partial charge in [-0.3, -0.25) is 4.79 Å². The monoisotopic (exact) mass is 270 g/mol. The van der Waals surface area contributed by atoms with Crippen molar-refractivity contribution in [1.29, 1.82) is 0 Å². The third kappa shape index (κ3) is 2.29. The molecule has 0 saturated carbocycles. The molecule has 0 bridgehead atoms. The Morgan fingerprint density at radius 3 is 2.35 bits per heavy atom. The summed E-state index contributed by atoms with van der Waals surface area (Å²) in [5.41, 5.74) is 0.0139. The zero-order chi connectivity index (χ0) is 14.1. The highest BCUT2D eigenvalue weighted by atomic mass is 16.6. The first kappa shape index (κ1) is 12.1. The maximum absolute atomic E-state index is 11.9. The molecule has 5 nitrogen and oxygen atoms in total. The number of aromatic hydroxyl groups is 2. The van der Waals surface area contributed by atoms with E-state index in [0.717, 1.165) is 0 Å². The van der Waals surface area contributed by atoms with Crippen molar-refractivity contribution < 1.29 is 19.4 Å². The second-order valence-electron chi connectivity index (χ2n) is 4.21. The van der Waals surface area contributed by atoms with E-state index in [9.17, 15) is 15.0 Å². The summed E-state index contributed by atoms with van der Waals surface area (Å²) in [4.78, 5) is 11.9. The molecule has 3 rings (SSSR count). The van der Waals surface area contributed by atoms with E-state index in [2.05, 4.69) is 0 Å². The normalized spacial score (nSPS) is 10.6. The van der Waals surface area contributed by atoms with E-state index >= 15 is 0 Å². The summed E-state index contributed by atoms with van der Waals surface area (Å²) in [7, 11) is 0. The molecule has 0 fully saturated rings. The van der Waals surface area contributed by atoms with Crippen LogP contribution in [0.5, 0.6) is 23.2 Å². The molecule has 1 aromatic heterocycles. The predicted molar refractivity (Wildman–Crippen MR) is 72.3 cm³/mol. The van der Waals surface area contributed by atoms with Gasteiger partial charge in [-0.15, -0.1) is 0 Å². The van der Waals surface area contributed by atoms with Gasteiger partial charge in [-0.05, 0) is 42.5 Å². The lowest BCUT2D eigenvalue weighted by Crippen LogP contribution is -2.00. The van der Waals surface area contributed by atoms with E-state index in [-0.39, 0.29) is 28.3 Å². The van der Waals surface area contributed by atoms with E-state index in [1.54, 1.807) is 12.1 Å². The minimum absolute atomic E-state index is 0.00278. The van der Waals surface area contributed by atoms with Crippen molar-refractivity contribution in [3.63, 3.8) is 0 Å². The van der Waals surface area contributed by atoms with Crippen molar-refractivity contribution in [3.05, 3.63) is 58.8 Å². The van der Waals surface area contributed by atoms with Crippen LogP contribution >= 0.6 is 0 Å². The molecule has 0 radical (unpaired) electrons. The average molecular weight is 270 g/mol. The van der Waals surface area contributed by atoms with Crippen LogP contribution in [0.3, 0.4) is 0 Å². The van der Waals surface area contributed by atoms with Crippen LogP contribution in [-0.4, -0.2) is 10.2 Å². The minimum Gasteiger partial charge on any atom is -0.508 e. The average Bonchev–Trinajstić information content (AvgIpc) is 2.42. The zero-order valence-electron chi connectivity index (χ0n) is 10.2. The van der Waals surface area contributed by atoms with Crippen LogP contribution in [0.4, 0.5) is 0 Å². The van der Waals surface area contributed by atoms with Gasteiger partial charge >= 0.3 is 0 Å². The van der Waals surface area contributed by atoms with Crippen molar-refractivity contribution in [2.24, 2.45) is 0 Å². The Bertz CT molecular complexity index is 818. The highest BCUT2D eigenvalue weighted by Gasteiger charge is 2.07. The summed E-state index contributed by atoms with van der Waals surface area (Å²) in [6.45, 7) is 0. The van der Waals surface area contributed by atoms with Crippen LogP contribution in [0.25, 0.3) is 11.0 Å². The molecule has 0 spiro atoms. The fourth-order valence-corrected chi connectivity index (χ4v) is 1.80. The van der Waals surface area contributed by atoms with Crippen molar-refractivity contribution in [2.75, 3.05) is 0 Å². The first-order valence-electron chi connectivity index (χ1n) is 5.85. The molecule has 1 heterocycles. The van der Waals surface area contributed by atoms with Crippen molar-refractivity contribution in [1.82, 2.24) is 0 Å². The Balaban J connectivity index is 2.02. The van der Waals surface area contributed by atoms with Crippen LogP contribution in [0.2, 0.25) is 0 Å². The van der Waals surface area contributed by atoms with Gasteiger partial charge in [0.05, 0.1) is 11.5 Å². The van der Waals surface area contributed by atoms with Gasteiger partial charge in [0.2, 0.25) is 0 Å². The van der Waals surface area contributed by atoms with E-state index in [1.807, 2.05) is 0 Å². The second kappa shape index (κ2) is 4.62. The van der Waals surface area contributed by atoms with E-state index in [1.165, 1.54) is 36.4 Å². The zero-order valence-corrected chi connectivity index (χ0v) is 10.2. The van der Waals surface area contributed by atoms with E-state index < -0.39 is 0 Å². The third-order valence-electron chi connectivity index (χ3n) is 2.74. The van der Waals surface area contributed by atoms with Crippen molar-refractivity contribution >= 4 is 11.0 Å². The summed E-state index contributed by atoms with van der Waals surface area (Å²) in [6, 6.07) is 11.5. The Hall–Kier alpha value is -2.95. The lowest BCUT2D eigenvalue weighted by Gasteiger charge is -2.05. The molecule has 0 saturated heterocycles. The number of rotatable bonds is 2. The molecule has 20 heavy (non-hydrogen) atoms. The molecule has 0 aliphatic rings. The van der Waals surface area contributed by atoms with Crippen LogP contribution in [-0.2, 0) is 0 Å². The van der Waals surface area contributed by atoms with Gasteiger partial charge in [-0.2, -0.15) is 0 Å². The number of phenolic OH excluding ortho intramolecular Hbond substituents is 2. The number of fused-ring (bicyclic) bond motifs is 1. The van der Waals surface area contributed by atoms with Gasteiger partial charge in [-0.1, -0.05) is 0 Å². The molecular formula is C15H10O5. The van der Waals surface area contributed by atoms with Crippen LogP contribution in [0.15, 0.2) is 57.7 Å². The van der Waals surface area contributed by atoms with Gasteiger partial charge in [0.15, 0.2) is 5.43 Å². The Morgan fingerprint density at radius 2 is 1.60 bits per heavy atom.